The Morgan fingerprint density at radius 3 is 2.60 bits per heavy atom. The maximum Gasteiger partial charge on any atom is 0.404 e. The van der Waals surface area contributed by atoms with E-state index in [0.717, 1.165) is 68.1 Å². The van der Waals surface area contributed by atoms with Crippen LogP contribution in [0, 0.1) is 0 Å². The van der Waals surface area contributed by atoms with Gasteiger partial charge in [-0.3, -0.25) is 0 Å². The van der Waals surface area contributed by atoms with Crippen LogP contribution in [0.25, 0.3) is 0 Å². The first-order chi connectivity index (χ1) is 12.0. The Labute approximate surface area is 158 Å². The second kappa shape index (κ2) is 8.25. The number of carbonyl (C=O) groups is 1. The summed E-state index contributed by atoms with van der Waals surface area (Å²) >= 11 is 7.68. The predicted molar refractivity (Wildman–Crippen MR) is 101 cm³/mol. The molecule has 2 heterocycles. The van der Waals surface area contributed by atoms with Crippen LogP contribution in [-0.2, 0) is 0 Å². The zero-order valence-corrected chi connectivity index (χ0v) is 16.0. The monoisotopic (exact) mass is 386 g/mol. The number of hydrogen-bond donors (Lipinski definition) is 3. The summed E-state index contributed by atoms with van der Waals surface area (Å²) in [5.74, 6) is 0.0699. The Hall–Kier alpha value is -0.820. The van der Waals surface area contributed by atoms with Gasteiger partial charge in [0.15, 0.2) is 0 Å². The summed E-state index contributed by atoms with van der Waals surface area (Å²) < 4.78 is 0.767. The van der Waals surface area contributed by atoms with Gasteiger partial charge in [-0.05, 0) is 42.7 Å². The molecule has 5 nitrogen and oxygen atoms in total. The van der Waals surface area contributed by atoms with Crippen molar-refractivity contribution in [3.8, 4) is 0 Å². The largest absolute Gasteiger partial charge is 0.465 e. The smallest absolute Gasteiger partial charge is 0.404 e. The Morgan fingerprint density at radius 1 is 1.36 bits per heavy atom. The average Bonchev–Trinajstić information content (AvgIpc) is 3.00. The Morgan fingerprint density at radius 2 is 2.04 bits per heavy atom. The van der Waals surface area contributed by atoms with E-state index in [0.29, 0.717) is 0 Å². The van der Waals surface area contributed by atoms with Crippen LogP contribution in [0.3, 0.4) is 0 Å². The molecule has 2 fully saturated rings. The van der Waals surface area contributed by atoms with Crippen LogP contribution in [0.4, 0.5) is 4.79 Å². The van der Waals surface area contributed by atoms with Gasteiger partial charge in [-0.2, -0.15) is 0 Å². The number of nitrogens with one attached hydrogen (secondary N) is 1. The van der Waals surface area contributed by atoms with Gasteiger partial charge in [0.2, 0.25) is 0 Å². The summed E-state index contributed by atoms with van der Waals surface area (Å²) in [4.78, 5) is 13.2. The van der Waals surface area contributed by atoms with E-state index >= 15 is 0 Å². The summed E-state index contributed by atoms with van der Waals surface area (Å²) in [5, 5.41) is 24.9. The molecule has 25 heavy (non-hydrogen) atoms. The lowest BCUT2D eigenvalue weighted by molar-refractivity contribution is -0.0325. The number of rotatable bonds is 5. The standard InChI is InChI=1S/C18H27ClN2O3S/c19-16-10-13(12-25-16)15(18(24)6-2-1-3-7-18)11-21-8-4-14(5-9-21)20-17(22)23/h10,12,14-15,20,24H,1-9,11H2,(H,22,23). The quantitative estimate of drug-likeness (QED) is 0.717. The van der Waals surface area contributed by atoms with Crippen LogP contribution in [-0.4, -0.2) is 52.5 Å². The molecule has 3 rings (SSSR count). The third kappa shape index (κ3) is 4.88. The van der Waals surface area contributed by atoms with Gasteiger partial charge >= 0.3 is 6.09 Å². The van der Waals surface area contributed by atoms with Crippen molar-refractivity contribution in [2.45, 2.75) is 62.5 Å². The molecule has 0 radical (unpaired) electrons. The van der Waals surface area contributed by atoms with E-state index in [4.69, 9.17) is 16.7 Å². The number of amides is 1. The number of nitrogens with zero attached hydrogens (tertiary/aromatic N) is 1. The second-order valence-electron chi connectivity index (χ2n) is 7.43. The number of likely N-dealkylation sites (tertiary alicyclic amines) is 1. The molecule has 1 atom stereocenters. The van der Waals surface area contributed by atoms with Gasteiger partial charge in [0, 0.05) is 31.6 Å². The molecule has 3 N–H and O–H groups in total. The minimum absolute atomic E-state index is 0.0422. The lowest BCUT2D eigenvalue weighted by Gasteiger charge is -2.42. The van der Waals surface area contributed by atoms with Gasteiger partial charge in [0.05, 0.1) is 9.94 Å². The van der Waals surface area contributed by atoms with E-state index in [1.165, 1.54) is 17.8 Å². The molecule has 1 amide bonds. The fourth-order valence-electron chi connectivity index (χ4n) is 4.30. The fraction of sp³-hybridized carbons (Fsp3) is 0.722. The highest BCUT2D eigenvalue weighted by Gasteiger charge is 2.40. The molecule has 0 spiro atoms. The van der Waals surface area contributed by atoms with Gasteiger partial charge in [-0.1, -0.05) is 30.9 Å². The Bertz CT molecular complexity index is 581. The number of hydrogen-bond acceptors (Lipinski definition) is 4. The van der Waals surface area contributed by atoms with Crippen LogP contribution in [0.5, 0.6) is 0 Å². The van der Waals surface area contributed by atoms with E-state index in [2.05, 4.69) is 15.6 Å². The second-order valence-corrected chi connectivity index (χ2v) is 8.97. The summed E-state index contributed by atoms with van der Waals surface area (Å²) in [7, 11) is 0. The minimum atomic E-state index is -0.944. The lowest BCUT2D eigenvalue weighted by atomic mass is 9.73. The molecular formula is C18H27ClN2O3S. The third-order valence-electron chi connectivity index (χ3n) is 5.71. The van der Waals surface area contributed by atoms with E-state index < -0.39 is 11.7 Å². The van der Waals surface area contributed by atoms with Crippen LogP contribution in [0.2, 0.25) is 4.34 Å². The molecular weight excluding hydrogens is 360 g/mol. The Balaban J connectivity index is 1.67. The SMILES string of the molecule is O=C(O)NC1CCN(CC(c2csc(Cl)c2)C2(O)CCCCC2)CC1. The first-order valence-corrected chi connectivity index (χ1v) is 10.4. The van der Waals surface area contributed by atoms with Crippen molar-refractivity contribution in [3.05, 3.63) is 21.3 Å². The molecule has 1 unspecified atom stereocenters. The molecule has 1 aromatic rings. The molecule has 7 heteroatoms. The highest BCUT2D eigenvalue weighted by Crippen LogP contribution is 2.42. The molecule has 1 saturated heterocycles. The van der Waals surface area contributed by atoms with E-state index in [1.807, 2.05) is 6.07 Å². The van der Waals surface area contributed by atoms with E-state index in [-0.39, 0.29) is 12.0 Å². The van der Waals surface area contributed by atoms with Gasteiger partial charge in [0.25, 0.3) is 0 Å². The molecule has 1 aliphatic carbocycles. The number of thiophene rings is 1. The van der Waals surface area contributed by atoms with Crippen molar-refractivity contribution in [2.75, 3.05) is 19.6 Å². The predicted octanol–water partition coefficient (Wildman–Crippen LogP) is 3.91. The highest BCUT2D eigenvalue weighted by molar-refractivity contribution is 7.14. The van der Waals surface area contributed by atoms with Crippen molar-refractivity contribution in [1.29, 1.82) is 0 Å². The van der Waals surface area contributed by atoms with Crippen molar-refractivity contribution in [3.63, 3.8) is 0 Å². The summed E-state index contributed by atoms with van der Waals surface area (Å²) in [6.07, 6.45) is 5.76. The number of aliphatic hydroxyl groups is 1. The number of halogens is 1. The summed E-state index contributed by atoms with van der Waals surface area (Å²) in [5.41, 5.74) is 0.490. The zero-order valence-electron chi connectivity index (χ0n) is 14.4. The Kier molecular flexibility index (Phi) is 6.25. The zero-order chi connectivity index (χ0) is 17.9. The van der Waals surface area contributed by atoms with Crippen molar-refractivity contribution in [2.24, 2.45) is 0 Å². The number of piperidine rings is 1. The first-order valence-electron chi connectivity index (χ1n) is 9.14. The summed E-state index contributed by atoms with van der Waals surface area (Å²) in [6, 6.07) is 2.04. The maximum atomic E-state index is 11.3. The molecule has 1 aliphatic heterocycles. The van der Waals surface area contributed by atoms with Crippen LogP contribution < -0.4 is 5.32 Å². The van der Waals surface area contributed by atoms with Crippen LogP contribution in [0.1, 0.15) is 56.4 Å². The number of carboxylic acid groups (broad SMARTS) is 1. The fourth-order valence-corrected chi connectivity index (χ4v) is 5.24. The normalized spacial score (nSPS) is 23.3. The first kappa shape index (κ1) is 19.0. The van der Waals surface area contributed by atoms with E-state index in [1.54, 1.807) is 0 Å². The molecule has 140 valence electrons. The molecule has 0 bridgehead atoms. The van der Waals surface area contributed by atoms with Crippen LogP contribution >= 0.6 is 22.9 Å². The molecule has 0 aromatic carbocycles. The van der Waals surface area contributed by atoms with Gasteiger partial charge in [-0.15, -0.1) is 11.3 Å². The molecule has 1 saturated carbocycles. The van der Waals surface area contributed by atoms with Gasteiger partial charge in [-0.25, -0.2) is 4.79 Å². The minimum Gasteiger partial charge on any atom is -0.465 e. The van der Waals surface area contributed by atoms with Crippen molar-refractivity contribution < 1.29 is 15.0 Å². The third-order valence-corrected chi connectivity index (χ3v) is 6.82. The maximum absolute atomic E-state index is 11.3. The topological polar surface area (TPSA) is 72.8 Å². The lowest BCUT2D eigenvalue weighted by Crippen LogP contribution is -2.48. The highest BCUT2D eigenvalue weighted by atomic mass is 35.5. The molecule has 1 aromatic heterocycles. The molecule has 2 aliphatic rings. The van der Waals surface area contributed by atoms with Gasteiger partial charge in [0.1, 0.15) is 0 Å². The summed E-state index contributed by atoms with van der Waals surface area (Å²) in [6.45, 7) is 2.52. The van der Waals surface area contributed by atoms with E-state index in [9.17, 15) is 9.90 Å². The van der Waals surface area contributed by atoms with Gasteiger partial charge < -0.3 is 20.4 Å². The average molecular weight is 387 g/mol. The van der Waals surface area contributed by atoms with Crippen molar-refractivity contribution >= 4 is 29.0 Å². The van der Waals surface area contributed by atoms with Crippen molar-refractivity contribution in [1.82, 2.24) is 10.2 Å². The van der Waals surface area contributed by atoms with Crippen LogP contribution in [0.15, 0.2) is 11.4 Å².